The molecular weight excluding hydrogens is 230 g/mol. The molecule has 2 rings (SSSR count). The minimum absolute atomic E-state index is 0.830. The van der Waals surface area contributed by atoms with Gasteiger partial charge in [-0.05, 0) is 37.3 Å². The van der Waals surface area contributed by atoms with Gasteiger partial charge in [-0.1, -0.05) is 6.92 Å². The highest BCUT2D eigenvalue weighted by atomic mass is 32.1. The van der Waals surface area contributed by atoms with E-state index in [4.69, 9.17) is 0 Å². The summed E-state index contributed by atoms with van der Waals surface area (Å²) in [5, 5.41) is 5.39. The van der Waals surface area contributed by atoms with Crippen molar-refractivity contribution in [3.63, 3.8) is 0 Å². The van der Waals surface area contributed by atoms with Gasteiger partial charge < -0.3 is 5.32 Å². The van der Waals surface area contributed by atoms with E-state index in [2.05, 4.69) is 40.6 Å². The molecule has 1 N–H and O–H groups in total. The van der Waals surface area contributed by atoms with Crippen molar-refractivity contribution in [3.8, 4) is 10.7 Å². The molecule has 0 saturated heterocycles. The van der Waals surface area contributed by atoms with Gasteiger partial charge in [0.15, 0.2) is 5.82 Å². The predicted molar refractivity (Wildman–Crippen MR) is 73.6 cm³/mol. The molecule has 90 valence electrons. The van der Waals surface area contributed by atoms with E-state index >= 15 is 0 Å². The summed E-state index contributed by atoms with van der Waals surface area (Å²) < 4.78 is 0. The van der Waals surface area contributed by atoms with E-state index in [0.717, 1.165) is 35.2 Å². The standard InChI is InChI=1S/C13H17N3S/c1-4-6-14-11-8-10(3)15-13(16-11)12-9(2)5-7-17-12/h5,7-8H,4,6H2,1-3H3,(H,14,15,16). The first-order chi connectivity index (χ1) is 8.20. The molecule has 17 heavy (non-hydrogen) atoms. The summed E-state index contributed by atoms with van der Waals surface area (Å²) in [7, 11) is 0. The van der Waals surface area contributed by atoms with Crippen LogP contribution in [-0.2, 0) is 0 Å². The fraction of sp³-hybridized carbons (Fsp3) is 0.385. The van der Waals surface area contributed by atoms with Gasteiger partial charge in [0.1, 0.15) is 5.82 Å². The van der Waals surface area contributed by atoms with Gasteiger partial charge in [0, 0.05) is 18.3 Å². The largest absolute Gasteiger partial charge is 0.370 e. The van der Waals surface area contributed by atoms with Gasteiger partial charge in [-0.15, -0.1) is 11.3 Å². The second-order valence-electron chi connectivity index (χ2n) is 4.08. The van der Waals surface area contributed by atoms with Gasteiger partial charge >= 0.3 is 0 Å². The number of anilines is 1. The van der Waals surface area contributed by atoms with Crippen molar-refractivity contribution in [3.05, 3.63) is 28.8 Å². The number of aromatic nitrogens is 2. The lowest BCUT2D eigenvalue weighted by Crippen LogP contribution is -2.04. The maximum absolute atomic E-state index is 4.56. The van der Waals surface area contributed by atoms with Crippen molar-refractivity contribution in [2.75, 3.05) is 11.9 Å². The first kappa shape index (κ1) is 12.0. The molecule has 0 bridgehead atoms. The van der Waals surface area contributed by atoms with Crippen LogP contribution in [0.5, 0.6) is 0 Å². The molecule has 0 aliphatic rings. The van der Waals surface area contributed by atoms with Gasteiger partial charge in [0.05, 0.1) is 4.88 Å². The summed E-state index contributed by atoms with van der Waals surface area (Å²) in [4.78, 5) is 10.2. The number of thiophene rings is 1. The second kappa shape index (κ2) is 5.27. The first-order valence-electron chi connectivity index (χ1n) is 5.84. The predicted octanol–water partition coefficient (Wildman–Crippen LogP) is 3.64. The Balaban J connectivity index is 2.35. The molecule has 2 aromatic heterocycles. The average molecular weight is 247 g/mol. The molecule has 0 aromatic carbocycles. The van der Waals surface area contributed by atoms with E-state index in [0.29, 0.717) is 0 Å². The third-order valence-corrected chi connectivity index (χ3v) is 3.49. The summed E-state index contributed by atoms with van der Waals surface area (Å²) in [5.41, 5.74) is 2.24. The van der Waals surface area contributed by atoms with Crippen LogP contribution in [0.1, 0.15) is 24.6 Å². The Morgan fingerprint density at radius 3 is 2.76 bits per heavy atom. The fourth-order valence-corrected chi connectivity index (χ4v) is 2.47. The molecule has 0 amide bonds. The van der Waals surface area contributed by atoms with Crippen molar-refractivity contribution in [2.45, 2.75) is 27.2 Å². The van der Waals surface area contributed by atoms with Gasteiger partial charge in [-0.3, -0.25) is 0 Å². The van der Waals surface area contributed by atoms with E-state index in [1.165, 1.54) is 5.56 Å². The third-order valence-electron chi connectivity index (χ3n) is 2.48. The monoisotopic (exact) mass is 247 g/mol. The van der Waals surface area contributed by atoms with Crippen LogP contribution < -0.4 is 5.32 Å². The smallest absolute Gasteiger partial charge is 0.172 e. The van der Waals surface area contributed by atoms with Crippen LogP contribution >= 0.6 is 11.3 Å². The highest BCUT2D eigenvalue weighted by Gasteiger charge is 2.08. The second-order valence-corrected chi connectivity index (χ2v) is 4.99. The summed E-state index contributed by atoms with van der Waals surface area (Å²) in [6, 6.07) is 4.09. The lowest BCUT2D eigenvalue weighted by molar-refractivity contribution is 0.963. The molecule has 2 heterocycles. The fourth-order valence-electron chi connectivity index (χ4n) is 1.62. The molecule has 0 saturated carbocycles. The minimum Gasteiger partial charge on any atom is -0.370 e. The van der Waals surface area contributed by atoms with Crippen molar-refractivity contribution >= 4 is 17.2 Å². The molecule has 4 heteroatoms. The first-order valence-corrected chi connectivity index (χ1v) is 6.72. The summed E-state index contributed by atoms with van der Waals surface area (Å²) >= 11 is 1.69. The summed E-state index contributed by atoms with van der Waals surface area (Å²) in [6.45, 7) is 7.19. The summed E-state index contributed by atoms with van der Waals surface area (Å²) in [5.74, 6) is 1.75. The summed E-state index contributed by atoms with van der Waals surface area (Å²) in [6.07, 6.45) is 1.09. The van der Waals surface area contributed by atoms with Crippen molar-refractivity contribution in [2.24, 2.45) is 0 Å². The van der Waals surface area contributed by atoms with E-state index in [-0.39, 0.29) is 0 Å². The molecule has 0 fully saturated rings. The van der Waals surface area contributed by atoms with Gasteiger partial charge in [-0.25, -0.2) is 9.97 Å². The lowest BCUT2D eigenvalue weighted by atomic mass is 10.2. The number of nitrogens with one attached hydrogen (secondary N) is 1. The normalized spacial score (nSPS) is 10.5. The molecule has 0 spiro atoms. The number of hydrogen-bond donors (Lipinski definition) is 1. The molecule has 0 atom stereocenters. The Morgan fingerprint density at radius 2 is 2.12 bits per heavy atom. The van der Waals surface area contributed by atoms with Crippen molar-refractivity contribution in [1.82, 2.24) is 9.97 Å². The van der Waals surface area contributed by atoms with Crippen LogP contribution in [0, 0.1) is 13.8 Å². The van der Waals surface area contributed by atoms with Gasteiger partial charge in [-0.2, -0.15) is 0 Å². The molecule has 0 radical (unpaired) electrons. The van der Waals surface area contributed by atoms with E-state index in [9.17, 15) is 0 Å². The molecule has 0 aliphatic carbocycles. The van der Waals surface area contributed by atoms with Crippen LogP contribution in [-0.4, -0.2) is 16.5 Å². The maximum Gasteiger partial charge on any atom is 0.172 e. The topological polar surface area (TPSA) is 37.8 Å². The zero-order chi connectivity index (χ0) is 12.3. The lowest BCUT2D eigenvalue weighted by Gasteiger charge is -2.07. The maximum atomic E-state index is 4.56. The SMILES string of the molecule is CCCNc1cc(C)nc(-c2sccc2C)n1. The number of rotatable bonds is 4. The Bertz CT molecular complexity index is 505. The average Bonchev–Trinajstić information content (AvgIpc) is 2.72. The zero-order valence-corrected chi connectivity index (χ0v) is 11.3. The van der Waals surface area contributed by atoms with Crippen LogP contribution in [0.4, 0.5) is 5.82 Å². The molecule has 0 aliphatic heterocycles. The highest BCUT2D eigenvalue weighted by Crippen LogP contribution is 2.27. The van der Waals surface area contributed by atoms with Crippen LogP contribution in [0.25, 0.3) is 10.7 Å². The number of aryl methyl sites for hydroxylation is 2. The molecular formula is C13H17N3S. The quantitative estimate of drug-likeness (QED) is 0.896. The van der Waals surface area contributed by atoms with Crippen LogP contribution in [0.3, 0.4) is 0 Å². The van der Waals surface area contributed by atoms with Gasteiger partial charge in [0.2, 0.25) is 0 Å². The highest BCUT2D eigenvalue weighted by molar-refractivity contribution is 7.13. The zero-order valence-electron chi connectivity index (χ0n) is 10.4. The van der Waals surface area contributed by atoms with Crippen LogP contribution in [0.15, 0.2) is 17.5 Å². The minimum atomic E-state index is 0.830. The van der Waals surface area contributed by atoms with Crippen molar-refractivity contribution in [1.29, 1.82) is 0 Å². The Hall–Kier alpha value is -1.42. The van der Waals surface area contributed by atoms with E-state index in [1.54, 1.807) is 11.3 Å². The number of nitrogens with zero attached hydrogens (tertiary/aromatic N) is 2. The van der Waals surface area contributed by atoms with Gasteiger partial charge in [0.25, 0.3) is 0 Å². The van der Waals surface area contributed by atoms with Crippen molar-refractivity contribution < 1.29 is 0 Å². The molecule has 3 nitrogen and oxygen atoms in total. The Morgan fingerprint density at radius 1 is 1.29 bits per heavy atom. The third kappa shape index (κ3) is 2.82. The van der Waals surface area contributed by atoms with Crippen LogP contribution in [0.2, 0.25) is 0 Å². The van der Waals surface area contributed by atoms with E-state index in [1.807, 2.05) is 13.0 Å². The Labute approximate surface area is 106 Å². The molecule has 0 unspecified atom stereocenters. The Kier molecular flexibility index (Phi) is 3.74. The number of hydrogen-bond acceptors (Lipinski definition) is 4. The molecule has 2 aromatic rings. The van der Waals surface area contributed by atoms with E-state index < -0.39 is 0 Å².